The number of hydrogen-bond acceptors (Lipinski definition) is 2. The fourth-order valence-corrected chi connectivity index (χ4v) is 4.61. The molecule has 1 aliphatic rings. The van der Waals surface area contributed by atoms with Crippen LogP contribution in [0.1, 0.15) is 38.7 Å². The molecule has 1 aromatic rings. The maximum absolute atomic E-state index is 12.2. The summed E-state index contributed by atoms with van der Waals surface area (Å²) in [6, 6.07) is 10.5. The smallest absolute Gasteiger partial charge is 0.191 e. The molecule has 2 rings (SSSR count). The highest BCUT2D eigenvalue weighted by molar-refractivity contribution is 14.0. The van der Waals surface area contributed by atoms with Gasteiger partial charge in [-0.15, -0.1) is 24.0 Å². The summed E-state index contributed by atoms with van der Waals surface area (Å²) in [5.41, 5.74) is 1.13. The van der Waals surface area contributed by atoms with E-state index in [2.05, 4.69) is 29.5 Å². The maximum Gasteiger partial charge on any atom is 0.191 e. The van der Waals surface area contributed by atoms with Gasteiger partial charge in [-0.1, -0.05) is 44.2 Å². The number of nitrogens with one attached hydrogen (secondary N) is 2. The first-order valence-corrected chi connectivity index (χ1v) is 10.4. The normalized spacial score (nSPS) is 24.9. The van der Waals surface area contributed by atoms with E-state index in [9.17, 15) is 4.21 Å². The Hall–Kier alpha value is -0.630. The number of guanidine groups is 1. The van der Waals surface area contributed by atoms with Gasteiger partial charge in [0.25, 0.3) is 0 Å². The van der Waals surface area contributed by atoms with Crippen molar-refractivity contribution in [3.63, 3.8) is 0 Å². The zero-order chi connectivity index (χ0) is 17.4. The molecule has 4 nitrogen and oxygen atoms in total. The zero-order valence-corrected chi connectivity index (χ0v) is 18.7. The molecule has 142 valence electrons. The summed E-state index contributed by atoms with van der Waals surface area (Å²) in [6.45, 7) is 5.33. The Balaban J connectivity index is 0.00000312. The van der Waals surface area contributed by atoms with Crippen LogP contribution in [0.25, 0.3) is 0 Å². The van der Waals surface area contributed by atoms with Crippen molar-refractivity contribution in [2.24, 2.45) is 16.8 Å². The van der Waals surface area contributed by atoms with Crippen LogP contribution in [0.3, 0.4) is 0 Å². The predicted octanol–water partition coefficient (Wildman–Crippen LogP) is 3.54. The number of benzene rings is 1. The Labute approximate surface area is 172 Å². The van der Waals surface area contributed by atoms with Crippen LogP contribution >= 0.6 is 24.0 Å². The molecule has 1 aliphatic carbocycles. The molecule has 1 aromatic carbocycles. The van der Waals surface area contributed by atoms with Crippen LogP contribution in [-0.4, -0.2) is 35.6 Å². The molecular formula is C19H32IN3OS. The van der Waals surface area contributed by atoms with Crippen LogP contribution in [0, 0.1) is 11.8 Å². The SMILES string of the molecule is CN=C(NCCS(=O)Cc1ccccc1)NC1CC(C)CC(C)C1.I. The highest BCUT2D eigenvalue weighted by Gasteiger charge is 2.24. The summed E-state index contributed by atoms with van der Waals surface area (Å²) < 4.78 is 12.2. The summed E-state index contributed by atoms with van der Waals surface area (Å²) >= 11 is 0. The van der Waals surface area contributed by atoms with Crippen molar-refractivity contribution in [3.8, 4) is 0 Å². The largest absolute Gasteiger partial charge is 0.355 e. The lowest BCUT2D eigenvalue weighted by Gasteiger charge is -2.32. The topological polar surface area (TPSA) is 53.5 Å². The molecule has 0 bridgehead atoms. The van der Waals surface area contributed by atoms with Gasteiger partial charge >= 0.3 is 0 Å². The third kappa shape index (κ3) is 8.53. The molecular weight excluding hydrogens is 445 g/mol. The molecule has 25 heavy (non-hydrogen) atoms. The minimum atomic E-state index is -0.853. The lowest BCUT2D eigenvalue weighted by molar-refractivity contribution is 0.255. The van der Waals surface area contributed by atoms with E-state index in [4.69, 9.17) is 0 Å². The number of halogens is 1. The number of nitrogens with zero attached hydrogens (tertiary/aromatic N) is 1. The number of hydrogen-bond donors (Lipinski definition) is 2. The fourth-order valence-electron chi connectivity index (χ4n) is 3.57. The van der Waals surface area contributed by atoms with Crippen LogP contribution in [0.2, 0.25) is 0 Å². The van der Waals surface area contributed by atoms with E-state index in [1.54, 1.807) is 7.05 Å². The molecule has 3 atom stereocenters. The maximum atomic E-state index is 12.2. The molecule has 0 amide bonds. The second kappa shape index (κ2) is 11.9. The zero-order valence-electron chi connectivity index (χ0n) is 15.5. The Morgan fingerprint density at radius 1 is 1.16 bits per heavy atom. The molecule has 0 spiro atoms. The van der Waals surface area contributed by atoms with Crippen LogP contribution in [0.15, 0.2) is 35.3 Å². The predicted molar refractivity (Wildman–Crippen MR) is 119 cm³/mol. The number of aliphatic imine (C=N–C) groups is 1. The van der Waals surface area contributed by atoms with E-state index < -0.39 is 10.8 Å². The Morgan fingerprint density at radius 3 is 2.40 bits per heavy atom. The molecule has 0 aliphatic heterocycles. The lowest BCUT2D eigenvalue weighted by atomic mass is 9.80. The second-order valence-corrected chi connectivity index (χ2v) is 8.61. The molecule has 0 saturated heterocycles. The average molecular weight is 477 g/mol. The molecule has 0 radical (unpaired) electrons. The monoisotopic (exact) mass is 477 g/mol. The fraction of sp³-hybridized carbons (Fsp3) is 0.632. The van der Waals surface area contributed by atoms with Gasteiger partial charge in [-0.3, -0.25) is 9.20 Å². The van der Waals surface area contributed by atoms with Crippen molar-refractivity contribution in [1.29, 1.82) is 0 Å². The minimum Gasteiger partial charge on any atom is -0.355 e. The molecule has 2 N–H and O–H groups in total. The van der Waals surface area contributed by atoms with Gasteiger partial charge in [0, 0.05) is 41.9 Å². The van der Waals surface area contributed by atoms with Gasteiger partial charge in [0.2, 0.25) is 0 Å². The van der Waals surface area contributed by atoms with Crippen molar-refractivity contribution in [3.05, 3.63) is 35.9 Å². The van der Waals surface area contributed by atoms with E-state index >= 15 is 0 Å². The highest BCUT2D eigenvalue weighted by Crippen LogP contribution is 2.28. The first-order chi connectivity index (χ1) is 11.6. The van der Waals surface area contributed by atoms with E-state index in [0.717, 1.165) is 23.4 Å². The molecule has 3 unspecified atom stereocenters. The minimum absolute atomic E-state index is 0. The van der Waals surface area contributed by atoms with E-state index in [-0.39, 0.29) is 24.0 Å². The summed E-state index contributed by atoms with van der Waals surface area (Å²) in [5, 5.41) is 6.84. The van der Waals surface area contributed by atoms with Crippen molar-refractivity contribution in [1.82, 2.24) is 10.6 Å². The Morgan fingerprint density at radius 2 is 1.80 bits per heavy atom. The molecule has 0 heterocycles. The third-order valence-electron chi connectivity index (χ3n) is 4.54. The summed E-state index contributed by atoms with van der Waals surface area (Å²) in [7, 11) is 0.945. The highest BCUT2D eigenvalue weighted by atomic mass is 127. The van der Waals surface area contributed by atoms with Gasteiger partial charge in [0.1, 0.15) is 0 Å². The first-order valence-electron chi connectivity index (χ1n) is 8.93. The lowest BCUT2D eigenvalue weighted by Crippen LogP contribution is -2.47. The van der Waals surface area contributed by atoms with E-state index in [1.165, 1.54) is 19.3 Å². The summed E-state index contributed by atoms with van der Waals surface area (Å²) in [5.74, 6) is 3.61. The summed E-state index contributed by atoms with van der Waals surface area (Å²) in [4.78, 5) is 4.31. The third-order valence-corrected chi connectivity index (χ3v) is 5.85. The van der Waals surface area contributed by atoms with Crippen molar-refractivity contribution in [2.75, 3.05) is 19.3 Å². The van der Waals surface area contributed by atoms with E-state index in [0.29, 0.717) is 24.1 Å². The van der Waals surface area contributed by atoms with Crippen molar-refractivity contribution >= 4 is 40.7 Å². The molecule has 6 heteroatoms. The molecule has 1 fully saturated rings. The van der Waals surface area contributed by atoms with E-state index in [1.807, 2.05) is 30.3 Å². The van der Waals surface area contributed by atoms with Crippen molar-refractivity contribution < 1.29 is 4.21 Å². The second-order valence-electron chi connectivity index (χ2n) is 7.03. The Kier molecular flexibility index (Phi) is 10.7. The van der Waals surface area contributed by atoms with Gasteiger partial charge in [-0.25, -0.2) is 0 Å². The van der Waals surface area contributed by atoms with Crippen LogP contribution in [0.4, 0.5) is 0 Å². The first kappa shape index (κ1) is 22.4. The van der Waals surface area contributed by atoms with Crippen LogP contribution in [-0.2, 0) is 16.6 Å². The van der Waals surface area contributed by atoms with Crippen LogP contribution in [0.5, 0.6) is 0 Å². The van der Waals surface area contributed by atoms with Gasteiger partial charge in [-0.05, 0) is 36.7 Å². The van der Waals surface area contributed by atoms with Gasteiger partial charge in [0.15, 0.2) is 5.96 Å². The quantitative estimate of drug-likeness (QED) is 0.375. The standard InChI is InChI=1S/C19H31N3OS.HI/c1-15-11-16(2)13-18(12-15)22-19(20-3)21-9-10-24(23)14-17-7-5-4-6-8-17;/h4-8,15-16,18H,9-14H2,1-3H3,(H2,20,21,22);1H. The number of rotatable bonds is 6. The summed E-state index contributed by atoms with van der Waals surface area (Å²) in [6.07, 6.45) is 3.72. The van der Waals surface area contributed by atoms with Gasteiger partial charge in [0.05, 0.1) is 0 Å². The van der Waals surface area contributed by atoms with Gasteiger partial charge in [-0.2, -0.15) is 0 Å². The average Bonchev–Trinajstić information content (AvgIpc) is 2.54. The van der Waals surface area contributed by atoms with Crippen LogP contribution < -0.4 is 10.6 Å². The van der Waals surface area contributed by atoms with Gasteiger partial charge < -0.3 is 10.6 Å². The molecule has 1 saturated carbocycles. The Bertz CT molecular complexity index is 543. The molecule has 0 aromatic heterocycles. The van der Waals surface area contributed by atoms with Crippen molar-refractivity contribution in [2.45, 2.75) is 44.9 Å².